The normalized spacial score (nSPS) is 13.1. The van der Waals surface area contributed by atoms with Gasteiger partial charge < -0.3 is 19.8 Å². The van der Waals surface area contributed by atoms with Crippen molar-refractivity contribution in [3.05, 3.63) is 71.8 Å². The molecule has 5 nitrogen and oxygen atoms in total. The van der Waals surface area contributed by atoms with E-state index in [1.54, 1.807) is 19.1 Å². The maximum atomic E-state index is 12.4. The molecule has 0 spiro atoms. The maximum absolute atomic E-state index is 12.4. The second kappa shape index (κ2) is 9.05. The van der Waals surface area contributed by atoms with E-state index in [1.807, 2.05) is 48.5 Å². The molecule has 0 bridgehead atoms. The van der Waals surface area contributed by atoms with Crippen LogP contribution in [0.5, 0.6) is 0 Å². The van der Waals surface area contributed by atoms with Gasteiger partial charge in [0.05, 0.1) is 25.3 Å². The lowest BCUT2D eigenvalue weighted by molar-refractivity contribution is 0.0413. The first kappa shape index (κ1) is 18.0. The number of amides is 1. The van der Waals surface area contributed by atoms with Gasteiger partial charge in [-0.05, 0) is 18.1 Å². The van der Waals surface area contributed by atoms with Crippen molar-refractivity contribution in [1.29, 1.82) is 0 Å². The van der Waals surface area contributed by atoms with Crippen LogP contribution in [-0.4, -0.2) is 40.4 Å². The van der Waals surface area contributed by atoms with Crippen LogP contribution in [0.25, 0.3) is 0 Å². The summed E-state index contributed by atoms with van der Waals surface area (Å²) in [7, 11) is 0. The van der Waals surface area contributed by atoms with E-state index in [-0.39, 0.29) is 19.8 Å². The van der Waals surface area contributed by atoms with Crippen LogP contribution in [0.1, 0.15) is 24.2 Å². The van der Waals surface area contributed by atoms with E-state index in [2.05, 4.69) is 0 Å². The molecule has 2 unspecified atom stereocenters. The van der Waals surface area contributed by atoms with E-state index < -0.39 is 18.2 Å². The Morgan fingerprint density at radius 1 is 1.08 bits per heavy atom. The van der Waals surface area contributed by atoms with Crippen molar-refractivity contribution in [3.63, 3.8) is 0 Å². The molecule has 0 saturated heterocycles. The molecule has 2 rings (SSSR count). The Bertz CT molecular complexity index is 618. The SMILES string of the molecule is CC(CO)N(CC(O)c1ccccc1)C(=O)OCc1ccccc1. The first-order valence-corrected chi connectivity index (χ1v) is 7.93. The molecule has 1 amide bonds. The van der Waals surface area contributed by atoms with E-state index in [1.165, 1.54) is 4.90 Å². The molecule has 0 aliphatic carbocycles. The largest absolute Gasteiger partial charge is 0.445 e. The molecular weight excluding hydrogens is 306 g/mol. The number of ether oxygens (including phenoxy) is 1. The Hall–Kier alpha value is -2.37. The topological polar surface area (TPSA) is 70.0 Å². The third-order valence-corrected chi connectivity index (χ3v) is 3.79. The monoisotopic (exact) mass is 329 g/mol. The predicted molar refractivity (Wildman–Crippen MR) is 91.3 cm³/mol. The van der Waals surface area contributed by atoms with Crippen LogP contribution in [0.15, 0.2) is 60.7 Å². The zero-order valence-electron chi connectivity index (χ0n) is 13.7. The Kier molecular flexibility index (Phi) is 6.78. The number of rotatable bonds is 7. The summed E-state index contributed by atoms with van der Waals surface area (Å²) in [5, 5.41) is 19.7. The highest BCUT2D eigenvalue weighted by Gasteiger charge is 2.24. The highest BCUT2D eigenvalue weighted by Crippen LogP contribution is 2.16. The van der Waals surface area contributed by atoms with Crippen LogP contribution in [0, 0.1) is 0 Å². The Balaban J connectivity index is 2.00. The van der Waals surface area contributed by atoms with Crippen LogP contribution in [0.2, 0.25) is 0 Å². The highest BCUT2D eigenvalue weighted by molar-refractivity contribution is 5.68. The minimum absolute atomic E-state index is 0.0549. The number of aliphatic hydroxyl groups excluding tert-OH is 2. The average Bonchev–Trinajstić information content (AvgIpc) is 2.65. The van der Waals surface area contributed by atoms with Gasteiger partial charge in [0.15, 0.2) is 0 Å². The average molecular weight is 329 g/mol. The molecule has 2 aromatic rings. The quantitative estimate of drug-likeness (QED) is 0.819. The van der Waals surface area contributed by atoms with Crippen molar-refractivity contribution in [2.24, 2.45) is 0 Å². The molecule has 0 heterocycles. The standard InChI is InChI=1S/C19H23NO4/c1-15(13-21)20(12-18(22)17-10-6-3-7-11-17)19(23)24-14-16-8-4-2-5-9-16/h2-11,15,18,21-22H,12-14H2,1H3. The van der Waals surface area contributed by atoms with Crippen molar-refractivity contribution in [1.82, 2.24) is 4.90 Å². The molecule has 2 atom stereocenters. The second-order valence-corrected chi connectivity index (χ2v) is 5.65. The van der Waals surface area contributed by atoms with E-state index >= 15 is 0 Å². The number of aliphatic hydroxyl groups is 2. The zero-order chi connectivity index (χ0) is 17.4. The van der Waals surface area contributed by atoms with Crippen LogP contribution in [0.4, 0.5) is 4.79 Å². The Morgan fingerprint density at radius 2 is 1.67 bits per heavy atom. The maximum Gasteiger partial charge on any atom is 0.410 e. The number of carbonyl (C=O) groups is 1. The molecule has 0 aliphatic rings. The predicted octanol–water partition coefficient (Wildman–Crippen LogP) is 2.74. The second-order valence-electron chi connectivity index (χ2n) is 5.65. The lowest BCUT2D eigenvalue weighted by Gasteiger charge is -2.29. The van der Waals surface area contributed by atoms with E-state index in [0.717, 1.165) is 5.56 Å². The summed E-state index contributed by atoms with van der Waals surface area (Å²) in [6.45, 7) is 1.71. The summed E-state index contributed by atoms with van der Waals surface area (Å²) >= 11 is 0. The molecule has 128 valence electrons. The van der Waals surface area contributed by atoms with Gasteiger partial charge in [0.25, 0.3) is 0 Å². The molecule has 2 N–H and O–H groups in total. The number of hydrogen-bond donors (Lipinski definition) is 2. The van der Waals surface area contributed by atoms with Crippen molar-refractivity contribution in [2.75, 3.05) is 13.2 Å². The van der Waals surface area contributed by atoms with Gasteiger partial charge in [0.2, 0.25) is 0 Å². The molecule has 2 aromatic carbocycles. The summed E-state index contributed by atoms with van der Waals surface area (Å²) in [5.41, 5.74) is 1.59. The molecule has 5 heteroatoms. The van der Waals surface area contributed by atoms with Crippen molar-refractivity contribution in [3.8, 4) is 0 Å². The fourth-order valence-electron chi connectivity index (χ4n) is 2.30. The minimum Gasteiger partial charge on any atom is -0.445 e. The molecule has 0 fully saturated rings. The number of benzene rings is 2. The number of carbonyl (C=O) groups excluding carboxylic acids is 1. The van der Waals surface area contributed by atoms with E-state index in [0.29, 0.717) is 5.56 Å². The van der Waals surface area contributed by atoms with E-state index in [9.17, 15) is 15.0 Å². The first-order chi connectivity index (χ1) is 11.6. The smallest absolute Gasteiger partial charge is 0.410 e. The Morgan fingerprint density at radius 3 is 2.25 bits per heavy atom. The summed E-state index contributed by atoms with van der Waals surface area (Å²) < 4.78 is 5.31. The summed E-state index contributed by atoms with van der Waals surface area (Å²) in [6, 6.07) is 18.0. The van der Waals surface area contributed by atoms with Crippen molar-refractivity contribution >= 4 is 6.09 Å². The zero-order valence-corrected chi connectivity index (χ0v) is 13.7. The molecule has 0 aliphatic heterocycles. The Labute approximate surface area is 142 Å². The van der Waals surface area contributed by atoms with Gasteiger partial charge >= 0.3 is 6.09 Å². The van der Waals surface area contributed by atoms with Gasteiger partial charge in [0, 0.05) is 0 Å². The molecule has 24 heavy (non-hydrogen) atoms. The summed E-state index contributed by atoms with van der Waals surface area (Å²) in [4.78, 5) is 13.7. The first-order valence-electron chi connectivity index (χ1n) is 7.93. The lowest BCUT2D eigenvalue weighted by atomic mass is 10.1. The molecule has 0 aromatic heterocycles. The molecule has 0 saturated carbocycles. The number of nitrogens with zero attached hydrogens (tertiary/aromatic N) is 1. The van der Waals surface area contributed by atoms with Crippen molar-refractivity contribution < 1.29 is 19.7 Å². The highest BCUT2D eigenvalue weighted by atomic mass is 16.6. The van der Waals surface area contributed by atoms with Crippen molar-refractivity contribution in [2.45, 2.75) is 25.7 Å². The fourth-order valence-corrected chi connectivity index (χ4v) is 2.30. The van der Waals surface area contributed by atoms with Crippen LogP contribution < -0.4 is 0 Å². The lowest BCUT2D eigenvalue weighted by Crippen LogP contribution is -2.43. The van der Waals surface area contributed by atoms with Crippen LogP contribution >= 0.6 is 0 Å². The third kappa shape index (κ3) is 5.08. The molecular formula is C19H23NO4. The van der Waals surface area contributed by atoms with Gasteiger partial charge in [-0.25, -0.2) is 4.79 Å². The summed E-state index contributed by atoms with van der Waals surface area (Å²) in [6.07, 6.45) is -1.40. The van der Waals surface area contributed by atoms with Gasteiger partial charge in [-0.2, -0.15) is 0 Å². The van der Waals surface area contributed by atoms with Crippen LogP contribution in [-0.2, 0) is 11.3 Å². The minimum atomic E-state index is -0.843. The fraction of sp³-hybridized carbons (Fsp3) is 0.316. The van der Waals surface area contributed by atoms with E-state index in [4.69, 9.17) is 4.74 Å². The van der Waals surface area contributed by atoms with Gasteiger partial charge in [-0.1, -0.05) is 60.7 Å². The van der Waals surface area contributed by atoms with Gasteiger partial charge in [-0.3, -0.25) is 0 Å². The van der Waals surface area contributed by atoms with Gasteiger partial charge in [-0.15, -0.1) is 0 Å². The van der Waals surface area contributed by atoms with Gasteiger partial charge in [0.1, 0.15) is 6.61 Å². The number of hydrogen-bond acceptors (Lipinski definition) is 4. The molecule has 0 radical (unpaired) electrons. The van der Waals surface area contributed by atoms with Crippen LogP contribution in [0.3, 0.4) is 0 Å². The third-order valence-electron chi connectivity index (χ3n) is 3.79. The summed E-state index contributed by atoms with van der Waals surface area (Å²) in [5.74, 6) is 0.